The van der Waals surface area contributed by atoms with Crippen molar-refractivity contribution in [3.05, 3.63) is 57.5 Å². The molecule has 0 fully saturated rings. The Hall–Kier alpha value is -2.11. The van der Waals surface area contributed by atoms with Crippen molar-refractivity contribution in [3.63, 3.8) is 0 Å². The first-order valence-corrected chi connectivity index (χ1v) is 6.42. The van der Waals surface area contributed by atoms with E-state index in [0.717, 1.165) is 5.56 Å². The Labute approximate surface area is 119 Å². The van der Waals surface area contributed by atoms with Crippen LogP contribution in [-0.2, 0) is 11.3 Å². The second-order valence-electron chi connectivity index (χ2n) is 4.40. The minimum Gasteiger partial charge on any atom is -0.378 e. The number of halogens is 1. The molecule has 2 aromatic heterocycles. The zero-order chi connectivity index (χ0) is 14.1. The third-order valence-corrected chi connectivity index (χ3v) is 3.20. The van der Waals surface area contributed by atoms with Crippen molar-refractivity contribution in [1.82, 2.24) is 14.6 Å². The molecule has 3 aromatic rings. The summed E-state index contributed by atoms with van der Waals surface area (Å²) in [6, 6.07) is 10.6. The Bertz CT molecular complexity index is 805. The molecule has 0 spiro atoms. The van der Waals surface area contributed by atoms with Crippen LogP contribution in [-0.4, -0.2) is 21.7 Å². The maximum absolute atomic E-state index is 12.0. The van der Waals surface area contributed by atoms with Crippen LogP contribution >= 0.6 is 11.6 Å². The highest BCUT2D eigenvalue weighted by Gasteiger charge is 2.08. The predicted molar refractivity (Wildman–Crippen MR) is 77.0 cm³/mol. The highest BCUT2D eigenvalue weighted by atomic mass is 35.5. The van der Waals surface area contributed by atoms with E-state index in [-0.39, 0.29) is 5.56 Å². The molecule has 102 valence electrons. The van der Waals surface area contributed by atoms with Crippen molar-refractivity contribution >= 4 is 17.2 Å². The van der Waals surface area contributed by atoms with Gasteiger partial charge in [-0.3, -0.25) is 4.79 Å². The summed E-state index contributed by atoms with van der Waals surface area (Å²) in [4.78, 5) is 15.1. The van der Waals surface area contributed by atoms with Crippen LogP contribution in [0.25, 0.3) is 16.9 Å². The predicted octanol–water partition coefficient (Wildman–Crippen LogP) is 2.49. The highest BCUT2D eigenvalue weighted by molar-refractivity contribution is 6.30. The van der Waals surface area contributed by atoms with Crippen LogP contribution in [0.3, 0.4) is 0 Å². The van der Waals surface area contributed by atoms with Gasteiger partial charge in [0.1, 0.15) is 5.65 Å². The van der Waals surface area contributed by atoms with Crippen LogP contribution in [0, 0.1) is 0 Å². The number of aromatic nitrogens is 3. The summed E-state index contributed by atoms with van der Waals surface area (Å²) in [5, 5.41) is 4.97. The Morgan fingerprint density at radius 1 is 1.30 bits per heavy atom. The van der Waals surface area contributed by atoms with E-state index in [4.69, 9.17) is 16.3 Å². The highest BCUT2D eigenvalue weighted by Crippen LogP contribution is 2.20. The van der Waals surface area contributed by atoms with Crippen LogP contribution in [0.15, 0.2) is 41.2 Å². The van der Waals surface area contributed by atoms with Crippen molar-refractivity contribution in [2.24, 2.45) is 0 Å². The Morgan fingerprint density at radius 2 is 2.05 bits per heavy atom. The minimum absolute atomic E-state index is 0.189. The number of rotatable bonds is 3. The third kappa shape index (κ3) is 2.33. The summed E-state index contributed by atoms with van der Waals surface area (Å²) in [6.45, 7) is 0.354. The summed E-state index contributed by atoms with van der Waals surface area (Å²) in [6.07, 6.45) is 0. The molecule has 20 heavy (non-hydrogen) atoms. The van der Waals surface area contributed by atoms with E-state index < -0.39 is 0 Å². The number of methoxy groups -OCH3 is 1. The van der Waals surface area contributed by atoms with E-state index in [1.54, 1.807) is 19.2 Å². The van der Waals surface area contributed by atoms with Crippen LogP contribution in [0.2, 0.25) is 5.02 Å². The van der Waals surface area contributed by atoms with Gasteiger partial charge in [0.05, 0.1) is 12.3 Å². The summed E-state index contributed by atoms with van der Waals surface area (Å²) in [5.41, 5.74) is 2.77. The van der Waals surface area contributed by atoms with Gasteiger partial charge in [-0.25, -0.2) is 0 Å². The lowest BCUT2D eigenvalue weighted by Gasteiger charge is -1.99. The van der Waals surface area contributed by atoms with Gasteiger partial charge >= 0.3 is 0 Å². The van der Waals surface area contributed by atoms with Gasteiger partial charge in [-0.15, -0.1) is 0 Å². The number of nitrogens with zero attached hydrogens (tertiary/aromatic N) is 2. The van der Waals surface area contributed by atoms with E-state index in [1.807, 2.05) is 18.2 Å². The Balaban J connectivity index is 2.12. The molecule has 2 heterocycles. The average molecular weight is 290 g/mol. The van der Waals surface area contributed by atoms with Gasteiger partial charge in [0.15, 0.2) is 0 Å². The number of H-pyrrole nitrogens is 1. The zero-order valence-corrected chi connectivity index (χ0v) is 11.5. The second-order valence-corrected chi connectivity index (χ2v) is 4.84. The van der Waals surface area contributed by atoms with Crippen molar-refractivity contribution in [1.29, 1.82) is 0 Å². The number of hydrogen-bond acceptors (Lipinski definition) is 3. The monoisotopic (exact) mass is 289 g/mol. The fourth-order valence-electron chi connectivity index (χ4n) is 2.04. The van der Waals surface area contributed by atoms with Gasteiger partial charge < -0.3 is 9.72 Å². The smallest absolute Gasteiger partial charge is 0.274 e. The van der Waals surface area contributed by atoms with Gasteiger partial charge in [-0.2, -0.15) is 9.61 Å². The SMILES string of the molecule is COCc1cc(=O)n2nc(-c3ccc(Cl)cc3)cc2[nH]1. The lowest BCUT2D eigenvalue weighted by atomic mass is 10.2. The van der Waals surface area contributed by atoms with Gasteiger partial charge in [-0.1, -0.05) is 23.7 Å². The van der Waals surface area contributed by atoms with E-state index in [0.29, 0.717) is 28.7 Å². The number of aromatic amines is 1. The van der Waals surface area contributed by atoms with Crippen LogP contribution in [0.4, 0.5) is 0 Å². The number of ether oxygens (including phenoxy) is 1. The molecule has 0 aliphatic heterocycles. The molecule has 0 unspecified atom stereocenters. The molecular weight excluding hydrogens is 278 g/mol. The first-order chi connectivity index (χ1) is 9.67. The molecule has 6 heteroatoms. The first-order valence-electron chi connectivity index (χ1n) is 6.04. The lowest BCUT2D eigenvalue weighted by Crippen LogP contribution is -2.15. The van der Waals surface area contributed by atoms with Gasteiger partial charge in [0.2, 0.25) is 0 Å². The molecule has 0 aliphatic carbocycles. The van der Waals surface area contributed by atoms with Crippen molar-refractivity contribution in [2.45, 2.75) is 6.61 Å². The Morgan fingerprint density at radius 3 is 2.75 bits per heavy atom. The van der Waals surface area contributed by atoms with Crippen molar-refractivity contribution < 1.29 is 4.74 Å². The molecule has 5 nitrogen and oxygen atoms in total. The standard InChI is InChI=1S/C14H12ClN3O2/c1-20-8-11-6-14(19)18-13(16-11)7-12(17-18)9-2-4-10(15)5-3-9/h2-7,16H,8H2,1H3. The van der Waals surface area contributed by atoms with Gasteiger partial charge in [0.25, 0.3) is 5.56 Å². The van der Waals surface area contributed by atoms with Crippen LogP contribution < -0.4 is 5.56 Å². The molecule has 1 N–H and O–H groups in total. The molecule has 3 rings (SSSR count). The average Bonchev–Trinajstić information content (AvgIpc) is 2.84. The van der Waals surface area contributed by atoms with Crippen LogP contribution in [0.1, 0.15) is 5.69 Å². The fourth-order valence-corrected chi connectivity index (χ4v) is 2.17. The van der Waals surface area contributed by atoms with E-state index in [1.165, 1.54) is 10.6 Å². The molecule has 0 radical (unpaired) electrons. The number of nitrogens with one attached hydrogen (secondary N) is 1. The van der Waals surface area contributed by atoms with Gasteiger partial charge in [-0.05, 0) is 12.1 Å². The molecule has 0 amide bonds. The molecule has 0 saturated carbocycles. The molecule has 0 saturated heterocycles. The van der Waals surface area contributed by atoms with Gasteiger partial charge in [0, 0.05) is 35.5 Å². The topological polar surface area (TPSA) is 59.4 Å². The van der Waals surface area contributed by atoms with E-state index >= 15 is 0 Å². The van der Waals surface area contributed by atoms with E-state index in [9.17, 15) is 4.79 Å². The number of hydrogen-bond donors (Lipinski definition) is 1. The fraction of sp³-hybridized carbons (Fsp3) is 0.143. The van der Waals surface area contributed by atoms with Crippen LogP contribution in [0.5, 0.6) is 0 Å². The Kier molecular flexibility index (Phi) is 3.30. The number of benzene rings is 1. The van der Waals surface area contributed by atoms with E-state index in [2.05, 4.69) is 10.1 Å². The summed E-state index contributed by atoms with van der Waals surface area (Å²) >= 11 is 5.86. The summed E-state index contributed by atoms with van der Waals surface area (Å²) in [5.74, 6) is 0. The maximum atomic E-state index is 12.0. The first kappa shape index (κ1) is 12.9. The van der Waals surface area contributed by atoms with Crippen molar-refractivity contribution in [3.8, 4) is 11.3 Å². The number of fused-ring (bicyclic) bond motifs is 1. The quantitative estimate of drug-likeness (QED) is 0.806. The molecular formula is C14H12ClN3O2. The second kappa shape index (κ2) is 5.11. The maximum Gasteiger partial charge on any atom is 0.274 e. The molecule has 1 aromatic carbocycles. The zero-order valence-electron chi connectivity index (χ0n) is 10.8. The molecule has 0 atom stereocenters. The third-order valence-electron chi connectivity index (χ3n) is 2.94. The molecule has 0 bridgehead atoms. The summed E-state index contributed by atoms with van der Waals surface area (Å²) in [7, 11) is 1.58. The minimum atomic E-state index is -0.189. The largest absolute Gasteiger partial charge is 0.378 e. The normalized spacial score (nSPS) is 11.1. The van der Waals surface area contributed by atoms with Crippen molar-refractivity contribution in [2.75, 3.05) is 7.11 Å². The molecule has 0 aliphatic rings. The lowest BCUT2D eigenvalue weighted by molar-refractivity contribution is 0.181. The summed E-state index contributed by atoms with van der Waals surface area (Å²) < 4.78 is 6.36.